The van der Waals surface area contributed by atoms with Crippen LogP contribution in [0.1, 0.15) is 11.1 Å². The molecule has 6 heteroatoms. The first-order valence-corrected chi connectivity index (χ1v) is 6.05. The highest BCUT2D eigenvalue weighted by Gasteiger charge is 2.07. The largest absolute Gasteiger partial charge is 0.396 e. The molecule has 2 aromatic rings. The Kier molecular flexibility index (Phi) is 3.65. The summed E-state index contributed by atoms with van der Waals surface area (Å²) in [7, 11) is 0. The van der Waals surface area contributed by atoms with Crippen LogP contribution >= 0.6 is 15.9 Å². The van der Waals surface area contributed by atoms with Crippen molar-refractivity contribution in [2.75, 3.05) is 11.1 Å². The van der Waals surface area contributed by atoms with E-state index in [9.17, 15) is 0 Å². The molecule has 0 amide bonds. The van der Waals surface area contributed by atoms with Crippen molar-refractivity contribution in [3.05, 3.63) is 46.2 Å². The summed E-state index contributed by atoms with van der Waals surface area (Å²) in [6.45, 7) is 0. The topological polar surface area (TPSA) is 98.5 Å². The van der Waals surface area contributed by atoms with Gasteiger partial charge in [-0.15, -0.1) is 0 Å². The predicted octanol–water partition coefficient (Wildman–Crippen LogP) is 2.91. The maximum atomic E-state index is 8.98. The van der Waals surface area contributed by atoms with E-state index < -0.39 is 0 Å². The maximum Gasteiger partial charge on any atom is 0.101 e. The summed E-state index contributed by atoms with van der Waals surface area (Å²) in [6, 6.07) is 8.86. The number of rotatable bonds is 2. The maximum absolute atomic E-state index is 8.98. The molecular formula is C13H8BrN5. The Morgan fingerprint density at radius 2 is 1.89 bits per heavy atom. The first-order valence-electron chi connectivity index (χ1n) is 5.26. The Labute approximate surface area is 118 Å². The Bertz CT molecular complexity index is 692. The molecule has 92 valence electrons. The second-order valence-electron chi connectivity index (χ2n) is 3.69. The smallest absolute Gasteiger partial charge is 0.101 e. The van der Waals surface area contributed by atoms with E-state index in [0.29, 0.717) is 28.2 Å². The lowest BCUT2D eigenvalue weighted by molar-refractivity contribution is 1.31. The van der Waals surface area contributed by atoms with Gasteiger partial charge in [0.1, 0.15) is 12.1 Å². The van der Waals surface area contributed by atoms with Crippen LogP contribution in [0.4, 0.5) is 17.1 Å². The fourth-order valence-corrected chi connectivity index (χ4v) is 1.98. The molecule has 2 rings (SSSR count). The van der Waals surface area contributed by atoms with Crippen molar-refractivity contribution in [3.63, 3.8) is 0 Å². The molecule has 0 spiro atoms. The quantitative estimate of drug-likeness (QED) is 0.888. The highest BCUT2D eigenvalue weighted by molar-refractivity contribution is 9.10. The molecule has 19 heavy (non-hydrogen) atoms. The third-order valence-corrected chi connectivity index (χ3v) is 3.06. The normalized spacial score (nSPS) is 9.42. The van der Waals surface area contributed by atoms with Crippen LogP contribution in [0.5, 0.6) is 0 Å². The van der Waals surface area contributed by atoms with Crippen molar-refractivity contribution < 1.29 is 0 Å². The molecule has 0 aliphatic carbocycles. The van der Waals surface area contributed by atoms with E-state index in [0.717, 1.165) is 4.47 Å². The lowest BCUT2D eigenvalue weighted by Crippen LogP contribution is -1.99. The highest BCUT2D eigenvalue weighted by Crippen LogP contribution is 2.30. The Balaban J connectivity index is 2.41. The zero-order valence-electron chi connectivity index (χ0n) is 9.68. The molecule has 0 saturated heterocycles. The van der Waals surface area contributed by atoms with Gasteiger partial charge in [0, 0.05) is 11.9 Å². The van der Waals surface area contributed by atoms with Crippen LogP contribution in [0.15, 0.2) is 35.1 Å². The Hall–Kier alpha value is -2.57. The monoisotopic (exact) mass is 313 g/mol. The number of nitrogens with two attached hydrogens (primary N) is 1. The van der Waals surface area contributed by atoms with Crippen molar-refractivity contribution in [1.29, 1.82) is 10.5 Å². The standard InChI is InChI=1S/C13H8BrN5/c14-11-6-18-7-12(17)13(11)19-10-2-1-8(4-15)9(3-10)5-16/h1-3,6-7H,17H2,(H,18,19). The van der Waals surface area contributed by atoms with E-state index in [1.807, 2.05) is 12.1 Å². The van der Waals surface area contributed by atoms with Crippen LogP contribution in [0, 0.1) is 22.7 Å². The Morgan fingerprint density at radius 1 is 1.16 bits per heavy atom. The summed E-state index contributed by atoms with van der Waals surface area (Å²) in [5.41, 5.74) is 8.31. The second kappa shape index (κ2) is 5.38. The lowest BCUT2D eigenvalue weighted by Gasteiger charge is -2.11. The van der Waals surface area contributed by atoms with E-state index in [2.05, 4.69) is 26.2 Å². The van der Waals surface area contributed by atoms with Crippen molar-refractivity contribution >= 4 is 33.0 Å². The van der Waals surface area contributed by atoms with Crippen molar-refractivity contribution in [1.82, 2.24) is 4.98 Å². The minimum atomic E-state index is 0.316. The van der Waals surface area contributed by atoms with E-state index >= 15 is 0 Å². The van der Waals surface area contributed by atoms with Crippen molar-refractivity contribution in [2.24, 2.45) is 0 Å². The number of pyridine rings is 1. The molecule has 0 bridgehead atoms. The third kappa shape index (κ3) is 2.65. The molecule has 3 N–H and O–H groups in total. The number of hydrogen-bond acceptors (Lipinski definition) is 5. The third-order valence-electron chi connectivity index (χ3n) is 2.46. The summed E-state index contributed by atoms with van der Waals surface area (Å²) in [6.07, 6.45) is 3.15. The van der Waals surface area contributed by atoms with Crippen LogP contribution < -0.4 is 11.1 Å². The first kappa shape index (κ1) is 12.9. The molecule has 0 atom stereocenters. The van der Waals surface area contributed by atoms with Crippen molar-refractivity contribution in [3.8, 4) is 12.1 Å². The number of anilines is 3. The molecule has 1 heterocycles. The van der Waals surface area contributed by atoms with Crippen molar-refractivity contribution in [2.45, 2.75) is 0 Å². The van der Waals surface area contributed by atoms with Gasteiger partial charge in [0.05, 0.1) is 33.2 Å². The number of hydrogen-bond donors (Lipinski definition) is 2. The molecule has 0 aliphatic rings. The number of benzene rings is 1. The van der Waals surface area contributed by atoms with Gasteiger partial charge < -0.3 is 11.1 Å². The number of nitrogen functional groups attached to an aromatic ring is 1. The summed E-state index contributed by atoms with van der Waals surface area (Å²) in [4.78, 5) is 3.94. The van der Waals surface area contributed by atoms with Gasteiger partial charge in [-0.2, -0.15) is 10.5 Å². The lowest BCUT2D eigenvalue weighted by atomic mass is 10.1. The molecule has 1 aromatic heterocycles. The van der Waals surface area contributed by atoms with Gasteiger partial charge in [0.2, 0.25) is 0 Å². The Morgan fingerprint density at radius 3 is 2.53 bits per heavy atom. The number of nitrogens with zero attached hydrogens (tertiary/aromatic N) is 3. The zero-order valence-corrected chi connectivity index (χ0v) is 11.3. The number of aromatic nitrogens is 1. The summed E-state index contributed by atoms with van der Waals surface area (Å²) in [5.74, 6) is 0. The van der Waals surface area contributed by atoms with Gasteiger partial charge in [-0.05, 0) is 34.1 Å². The SMILES string of the molecule is N#Cc1ccc(Nc2c(N)cncc2Br)cc1C#N. The predicted molar refractivity (Wildman–Crippen MR) is 75.5 cm³/mol. The summed E-state index contributed by atoms with van der Waals surface area (Å²) < 4.78 is 0.718. The average Bonchev–Trinajstić information content (AvgIpc) is 2.42. The summed E-state index contributed by atoms with van der Waals surface area (Å²) >= 11 is 3.35. The van der Waals surface area contributed by atoms with Gasteiger partial charge in [-0.25, -0.2) is 0 Å². The second-order valence-corrected chi connectivity index (χ2v) is 4.55. The fraction of sp³-hybridized carbons (Fsp3) is 0. The molecule has 1 aromatic carbocycles. The van der Waals surface area contributed by atoms with E-state index in [1.54, 1.807) is 24.4 Å². The van der Waals surface area contributed by atoms with Crippen LogP contribution in [-0.2, 0) is 0 Å². The van der Waals surface area contributed by atoms with Crippen LogP contribution in [0.3, 0.4) is 0 Å². The molecule has 0 unspecified atom stereocenters. The van der Waals surface area contributed by atoms with Gasteiger partial charge in [0.15, 0.2) is 0 Å². The van der Waals surface area contributed by atoms with Gasteiger partial charge in [-0.3, -0.25) is 4.98 Å². The van der Waals surface area contributed by atoms with E-state index in [4.69, 9.17) is 16.3 Å². The molecule has 0 radical (unpaired) electrons. The molecule has 0 fully saturated rings. The van der Waals surface area contributed by atoms with E-state index in [1.165, 1.54) is 6.20 Å². The van der Waals surface area contributed by atoms with Crippen LogP contribution in [-0.4, -0.2) is 4.98 Å². The van der Waals surface area contributed by atoms with Gasteiger partial charge in [0.25, 0.3) is 0 Å². The van der Waals surface area contributed by atoms with Crippen LogP contribution in [0.25, 0.3) is 0 Å². The molecule has 5 nitrogen and oxygen atoms in total. The number of nitrogens with one attached hydrogen (secondary N) is 1. The minimum absolute atomic E-state index is 0.316. The van der Waals surface area contributed by atoms with E-state index in [-0.39, 0.29) is 0 Å². The minimum Gasteiger partial charge on any atom is -0.396 e. The molecule has 0 saturated carbocycles. The van der Waals surface area contributed by atoms with Crippen LogP contribution in [0.2, 0.25) is 0 Å². The first-order chi connectivity index (χ1) is 9.15. The van der Waals surface area contributed by atoms with Gasteiger partial charge in [-0.1, -0.05) is 0 Å². The zero-order chi connectivity index (χ0) is 13.8. The number of halogens is 1. The molecule has 0 aliphatic heterocycles. The molecular weight excluding hydrogens is 306 g/mol. The number of nitriles is 2. The van der Waals surface area contributed by atoms with Gasteiger partial charge >= 0.3 is 0 Å². The average molecular weight is 314 g/mol. The highest BCUT2D eigenvalue weighted by atomic mass is 79.9. The summed E-state index contributed by atoms with van der Waals surface area (Å²) in [5, 5.41) is 20.9. The fourth-order valence-electron chi connectivity index (χ4n) is 1.54.